The molecule has 0 aliphatic heterocycles. The Kier molecular flexibility index (Phi) is 5.23. The van der Waals surface area contributed by atoms with E-state index in [1.54, 1.807) is 10.8 Å². The molecule has 0 radical (unpaired) electrons. The van der Waals surface area contributed by atoms with E-state index in [-0.39, 0.29) is 5.57 Å². The Morgan fingerprint density at radius 2 is 1.64 bits per heavy atom. The molecule has 5 nitrogen and oxygen atoms in total. The van der Waals surface area contributed by atoms with Crippen LogP contribution in [0.15, 0.2) is 48.0 Å². The van der Waals surface area contributed by atoms with Gasteiger partial charge in [-0.3, -0.25) is 14.9 Å². The predicted octanol–water partition coefficient (Wildman–Crippen LogP) is 4.50. The molecule has 0 saturated carbocycles. The van der Waals surface area contributed by atoms with Gasteiger partial charge in [-0.25, -0.2) is 0 Å². The van der Waals surface area contributed by atoms with Gasteiger partial charge in [0.2, 0.25) is 0 Å². The van der Waals surface area contributed by atoms with Crippen molar-refractivity contribution in [2.75, 3.05) is 5.43 Å². The molecule has 1 aromatic carbocycles. The van der Waals surface area contributed by atoms with Crippen LogP contribution in [0.3, 0.4) is 0 Å². The molecule has 0 bridgehead atoms. The average molecular weight is 372 g/mol. The van der Waals surface area contributed by atoms with E-state index in [1.807, 2.05) is 64.1 Å². The molecule has 1 N–H and O–H groups in total. The van der Waals surface area contributed by atoms with Crippen molar-refractivity contribution in [3.8, 4) is 11.8 Å². The fourth-order valence-corrected chi connectivity index (χ4v) is 3.43. The number of nitrogens with zero attached hydrogens (tertiary/aromatic N) is 3. The number of carbonyl (C=O) groups excluding carboxylic acids is 1. The molecule has 0 unspecified atom stereocenters. The van der Waals surface area contributed by atoms with Crippen molar-refractivity contribution < 1.29 is 4.79 Å². The van der Waals surface area contributed by atoms with Crippen LogP contribution in [0.25, 0.3) is 11.8 Å². The van der Waals surface area contributed by atoms with Gasteiger partial charge in [0.15, 0.2) is 0 Å². The molecule has 0 spiro atoms. The predicted molar refractivity (Wildman–Crippen MR) is 112 cm³/mol. The van der Waals surface area contributed by atoms with E-state index in [0.29, 0.717) is 0 Å². The zero-order chi connectivity index (χ0) is 20.4. The van der Waals surface area contributed by atoms with Crippen LogP contribution in [0.4, 0.5) is 0 Å². The van der Waals surface area contributed by atoms with Crippen LogP contribution in [0.2, 0.25) is 0 Å². The number of nitrogens with one attached hydrogen (secondary N) is 1. The quantitative estimate of drug-likeness (QED) is 0.541. The normalized spacial score (nSPS) is 11.4. The lowest BCUT2D eigenvalue weighted by Crippen LogP contribution is -2.25. The maximum atomic E-state index is 12.6. The number of aryl methyl sites for hydroxylation is 4. The van der Waals surface area contributed by atoms with Crippen LogP contribution in [-0.4, -0.2) is 15.2 Å². The molecular weight excluding hydrogens is 348 g/mol. The Morgan fingerprint density at radius 1 is 1.00 bits per heavy atom. The van der Waals surface area contributed by atoms with Gasteiger partial charge in [0.25, 0.3) is 5.91 Å². The van der Waals surface area contributed by atoms with Crippen LogP contribution in [0, 0.1) is 45.9 Å². The van der Waals surface area contributed by atoms with E-state index in [9.17, 15) is 10.1 Å². The largest absolute Gasteiger partial charge is 0.318 e. The number of nitriles is 1. The summed E-state index contributed by atoms with van der Waals surface area (Å²) in [7, 11) is 0. The second-order valence-electron chi connectivity index (χ2n) is 7.01. The van der Waals surface area contributed by atoms with Crippen molar-refractivity contribution in [2.24, 2.45) is 0 Å². The van der Waals surface area contributed by atoms with E-state index in [0.717, 1.165) is 39.6 Å². The number of aromatic nitrogens is 2. The topological polar surface area (TPSA) is 62.8 Å². The third-order valence-corrected chi connectivity index (χ3v) is 4.98. The summed E-state index contributed by atoms with van der Waals surface area (Å²) in [6, 6.07) is 16.0. The lowest BCUT2D eigenvalue weighted by molar-refractivity contribution is -0.113. The van der Waals surface area contributed by atoms with Crippen LogP contribution in [0.5, 0.6) is 0 Å². The van der Waals surface area contributed by atoms with Gasteiger partial charge in [-0.05, 0) is 76.1 Å². The minimum atomic E-state index is -0.425. The number of rotatable bonds is 4. The lowest BCUT2D eigenvalue weighted by Gasteiger charge is -2.12. The van der Waals surface area contributed by atoms with Crippen molar-refractivity contribution >= 4 is 12.0 Å². The maximum absolute atomic E-state index is 12.6. The molecule has 0 aliphatic rings. The highest BCUT2D eigenvalue weighted by Gasteiger charge is 2.15. The van der Waals surface area contributed by atoms with E-state index in [2.05, 4.69) is 29.0 Å². The molecule has 142 valence electrons. The molecule has 3 aromatic rings. The minimum Gasteiger partial charge on any atom is -0.318 e. The molecule has 5 heteroatoms. The Morgan fingerprint density at radius 3 is 2.25 bits per heavy atom. The number of benzene rings is 1. The van der Waals surface area contributed by atoms with Gasteiger partial charge in [0.05, 0.1) is 0 Å². The molecular formula is C23H24N4O. The van der Waals surface area contributed by atoms with Crippen LogP contribution < -0.4 is 5.43 Å². The highest BCUT2D eigenvalue weighted by molar-refractivity contribution is 6.06. The summed E-state index contributed by atoms with van der Waals surface area (Å²) in [5.74, 6) is -0.425. The van der Waals surface area contributed by atoms with Gasteiger partial charge in [-0.2, -0.15) is 5.26 Å². The first-order valence-corrected chi connectivity index (χ1v) is 9.16. The van der Waals surface area contributed by atoms with Gasteiger partial charge in [-0.15, -0.1) is 0 Å². The SMILES string of the molecule is Cc1ccccc1-n1c(C)cc(/C=C(\C#N)C(=O)Nn2c(C)ccc2C)c1C. The molecule has 2 aromatic heterocycles. The summed E-state index contributed by atoms with van der Waals surface area (Å²) in [5.41, 5.74) is 9.82. The fraction of sp³-hybridized carbons (Fsp3) is 0.217. The molecule has 3 rings (SSSR count). The van der Waals surface area contributed by atoms with Gasteiger partial charge < -0.3 is 4.57 Å². The third-order valence-electron chi connectivity index (χ3n) is 4.98. The summed E-state index contributed by atoms with van der Waals surface area (Å²) in [6.07, 6.45) is 1.65. The highest BCUT2D eigenvalue weighted by atomic mass is 16.2. The molecule has 1 amide bonds. The molecule has 0 saturated heterocycles. The molecule has 0 fully saturated rings. The monoisotopic (exact) mass is 372 g/mol. The summed E-state index contributed by atoms with van der Waals surface area (Å²) in [5, 5.41) is 9.56. The fourth-order valence-electron chi connectivity index (χ4n) is 3.43. The zero-order valence-electron chi connectivity index (χ0n) is 16.9. The van der Waals surface area contributed by atoms with Crippen LogP contribution in [-0.2, 0) is 4.79 Å². The Labute approximate surface area is 165 Å². The highest BCUT2D eigenvalue weighted by Crippen LogP contribution is 2.24. The van der Waals surface area contributed by atoms with Crippen molar-refractivity contribution in [2.45, 2.75) is 34.6 Å². The van der Waals surface area contributed by atoms with Crippen molar-refractivity contribution in [1.29, 1.82) is 5.26 Å². The molecule has 0 aliphatic carbocycles. The molecule has 2 heterocycles. The van der Waals surface area contributed by atoms with Gasteiger partial charge in [0.1, 0.15) is 11.6 Å². The second-order valence-corrected chi connectivity index (χ2v) is 7.01. The smallest absolute Gasteiger partial charge is 0.280 e. The van der Waals surface area contributed by atoms with Gasteiger partial charge in [-0.1, -0.05) is 18.2 Å². The minimum absolute atomic E-state index is 0.0672. The number of para-hydroxylation sites is 1. The lowest BCUT2D eigenvalue weighted by atomic mass is 10.1. The first-order valence-electron chi connectivity index (χ1n) is 9.16. The van der Waals surface area contributed by atoms with Crippen LogP contribution >= 0.6 is 0 Å². The Hall–Kier alpha value is -3.52. The first-order chi connectivity index (χ1) is 13.3. The molecule has 0 atom stereocenters. The van der Waals surface area contributed by atoms with Crippen molar-refractivity contribution in [3.63, 3.8) is 0 Å². The molecule has 28 heavy (non-hydrogen) atoms. The van der Waals surface area contributed by atoms with E-state index in [4.69, 9.17) is 0 Å². The van der Waals surface area contributed by atoms with Crippen molar-refractivity contribution in [3.05, 3.63) is 81.9 Å². The summed E-state index contributed by atoms with van der Waals surface area (Å²) >= 11 is 0. The zero-order valence-corrected chi connectivity index (χ0v) is 16.9. The number of carbonyl (C=O) groups is 1. The summed E-state index contributed by atoms with van der Waals surface area (Å²) in [6.45, 7) is 9.89. The van der Waals surface area contributed by atoms with Crippen LogP contribution in [0.1, 0.15) is 33.9 Å². The first kappa shape index (κ1) is 19.2. The van der Waals surface area contributed by atoms with Crippen molar-refractivity contribution in [1.82, 2.24) is 9.24 Å². The maximum Gasteiger partial charge on any atom is 0.280 e. The van der Waals surface area contributed by atoms with E-state index in [1.165, 1.54) is 0 Å². The summed E-state index contributed by atoms with van der Waals surface area (Å²) in [4.78, 5) is 12.6. The van der Waals surface area contributed by atoms with Gasteiger partial charge >= 0.3 is 0 Å². The summed E-state index contributed by atoms with van der Waals surface area (Å²) < 4.78 is 3.83. The van der Waals surface area contributed by atoms with E-state index >= 15 is 0 Å². The Bertz CT molecular complexity index is 1100. The number of hydrogen-bond donors (Lipinski definition) is 1. The van der Waals surface area contributed by atoms with Gasteiger partial charge in [0, 0.05) is 28.5 Å². The van der Waals surface area contributed by atoms with E-state index < -0.39 is 5.91 Å². The number of hydrogen-bond acceptors (Lipinski definition) is 2. The third kappa shape index (κ3) is 3.49. The Balaban J connectivity index is 1.98. The average Bonchev–Trinajstić information content (AvgIpc) is 3.12. The number of amides is 1. The second kappa shape index (κ2) is 7.61. The standard InChI is InChI=1S/C23H24N4O/c1-15-8-6-7-9-22(15)26-18(4)12-20(19(26)5)13-21(14-24)23(28)25-27-16(2)10-11-17(27)3/h6-13H,1-5H3,(H,25,28)/b21-13+.